The van der Waals surface area contributed by atoms with Crippen molar-refractivity contribution in [3.63, 3.8) is 0 Å². The molecule has 3 fully saturated rings. The second kappa shape index (κ2) is 13.6. The molecule has 5 aliphatic rings. The van der Waals surface area contributed by atoms with E-state index in [2.05, 4.69) is 174 Å². The third-order valence-electron chi connectivity index (χ3n) is 16.7. The van der Waals surface area contributed by atoms with Gasteiger partial charge < -0.3 is 9.47 Å². The van der Waals surface area contributed by atoms with Gasteiger partial charge in [0.2, 0.25) is 0 Å². The highest BCUT2D eigenvalue weighted by atomic mass is 15.1. The van der Waals surface area contributed by atoms with Gasteiger partial charge in [0, 0.05) is 44.4 Å². The minimum atomic E-state index is 0.0870. The lowest BCUT2D eigenvalue weighted by atomic mass is 9.49. The van der Waals surface area contributed by atoms with Crippen LogP contribution in [0.15, 0.2) is 158 Å². The monoisotopic (exact) mass is 790 g/mol. The number of hydrogen-bond acceptors (Lipinski definition) is 1. The van der Waals surface area contributed by atoms with Crippen molar-refractivity contribution in [1.29, 1.82) is 0 Å². The van der Waals surface area contributed by atoms with Crippen molar-refractivity contribution in [2.45, 2.75) is 88.4 Å². The molecule has 3 saturated carbocycles. The van der Waals surface area contributed by atoms with Gasteiger partial charge in [-0.1, -0.05) is 136 Å². The number of anilines is 3. The number of hydrogen-bond donors (Lipinski definition) is 0. The molecule has 0 aliphatic heterocycles. The topological polar surface area (TPSA) is 8.17 Å². The Morgan fingerprint density at radius 1 is 0.492 bits per heavy atom. The van der Waals surface area contributed by atoms with Crippen molar-refractivity contribution in [2.75, 3.05) is 4.90 Å². The number of rotatable bonds is 5. The first-order valence-corrected chi connectivity index (χ1v) is 23.5. The maximum atomic E-state index is 2.67. The summed E-state index contributed by atoms with van der Waals surface area (Å²) in [6, 6.07) is 61.2. The van der Waals surface area contributed by atoms with Crippen LogP contribution in [0.25, 0.3) is 49.7 Å². The zero-order valence-corrected chi connectivity index (χ0v) is 35.4. The van der Waals surface area contributed by atoms with Crippen LogP contribution >= 0.6 is 0 Å². The Hall–Kier alpha value is -5.86. The molecule has 2 atom stereocenters. The summed E-state index contributed by atoms with van der Waals surface area (Å²) in [4.78, 5) is 2.61. The average molecular weight is 791 g/mol. The van der Waals surface area contributed by atoms with E-state index in [0.29, 0.717) is 11.8 Å². The third kappa shape index (κ3) is 4.97. The second-order valence-electron chi connectivity index (χ2n) is 19.4. The molecule has 7 aromatic carbocycles. The number of benzene rings is 7. The minimum absolute atomic E-state index is 0.0870. The molecule has 2 unspecified atom stereocenters. The molecular formula is C59H54N2. The summed E-state index contributed by atoms with van der Waals surface area (Å²) in [5.74, 6) is 2.21. The second-order valence-corrected chi connectivity index (χ2v) is 19.4. The molecular weight excluding hydrogens is 737 g/mol. The fourth-order valence-electron chi connectivity index (χ4n) is 14.3. The number of fused-ring (bicyclic) bond motifs is 11. The molecule has 0 saturated heterocycles. The van der Waals surface area contributed by atoms with Crippen molar-refractivity contribution in [3.8, 4) is 27.9 Å². The zero-order valence-electron chi connectivity index (χ0n) is 35.4. The van der Waals surface area contributed by atoms with E-state index in [-0.39, 0.29) is 10.8 Å². The lowest BCUT2D eigenvalue weighted by Crippen LogP contribution is -2.49. The van der Waals surface area contributed by atoms with Gasteiger partial charge in [0.1, 0.15) is 0 Å². The largest absolute Gasteiger partial charge is 0.310 e. The molecule has 0 radical (unpaired) electrons. The van der Waals surface area contributed by atoms with Gasteiger partial charge in [-0.3, -0.25) is 0 Å². The van der Waals surface area contributed by atoms with Gasteiger partial charge in [-0.2, -0.15) is 0 Å². The zero-order chi connectivity index (χ0) is 40.3. The maximum Gasteiger partial charge on any atom is 0.0541 e. The molecule has 2 heteroatoms. The van der Waals surface area contributed by atoms with E-state index in [1.54, 1.807) is 16.7 Å². The minimum Gasteiger partial charge on any atom is -0.310 e. The third-order valence-corrected chi connectivity index (χ3v) is 16.7. The van der Waals surface area contributed by atoms with Crippen LogP contribution in [0.3, 0.4) is 0 Å². The van der Waals surface area contributed by atoms with Crippen molar-refractivity contribution in [2.24, 2.45) is 17.8 Å². The molecule has 1 heterocycles. The quantitative estimate of drug-likeness (QED) is 0.169. The first kappa shape index (κ1) is 35.9. The predicted octanol–water partition coefficient (Wildman–Crippen LogP) is 16.0. The molecule has 0 N–H and O–H groups in total. The summed E-state index contributed by atoms with van der Waals surface area (Å²) in [5.41, 5.74) is 19.7. The van der Waals surface area contributed by atoms with E-state index in [1.807, 2.05) is 0 Å². The Labute approximate surface area is 360 Å². The van der Waals surface area contributed by atoms with Crippen molar-refractivity contribution >= 4 is 38.9 Å². The molecule has 13 rings (SSSR count). The molecule has 0 amide bonds. The van der Waals surface area contributed by atoms with Crippen LogP contribution in [-0.2, 0) is 10.8 Å². The van der Waals surface area contributed by atoms with E-state index in [0.717, 1.165) is 5.92 Å². The van der Waals surface area contributed by atoms with Crippen molar-refractivity contribution < 1.29 is 0 Å². The predicted molar refractivity (Wildman–Crippen MR) is 255 cm³/mol. The summed E-state index contributed by atoms with van der Waals surface area (Å²) >= 11 is 0. The number of nitrogens with zero attached hydrogens (tertiary/aromatic N) is 2. The van der Waals surface area contributed by atoms with E-state index in [4.69, 9.17) is 0 Å². The van der Waals surface area contributed by atoms with Crippen LogP contribution in [0.4, 0.5) is 17.1 Å². The summed E-state index contributed by atoms with van der Waals surface area (Å²) < 4.78 is 2.44. The normalized spacial score (nSPS) is 22.9. The lowest BCUT2D eigenvalue weighted by Gasteiger charge is -2.55. The molecule has 2 spiro atoms. The standard InChI is InChI=1S/C59H54N2/c1-2-39-35-40-15-14-16-41(36-39)59(40)53-22-9-5-18-47(53)49-32-30-45(38-55(49)59)60(44-29-31-48-46-17-4-8-21-52(46)58(54(48)37-44)33-12-3-13-34-58)42-25-27-43(28-26-42)61-56-23-10-6-19-50(56)51-20-7-11-24-57(51)61/h4-11,17-32,37-41H,2-3,12-16,33-36H2,1H3. The van der Waals surface area contributed by atoms with Crippen LogP contribution in [-0.4, -0.2) is 4.57 Å². The van der Waals surface area contributed by atoms with Crippen LogP contribution in [0.5, 0.6) is 0 Å². The highest BCUT2D eigenvalue weighted by Gasteiger charge is 2.57. The highest BCUT2D eigenvalue weighted by Crippen LogP contribution is 2.66. The Kier molecular flexibility index (Phi) is 7.98. The van der Waals surface area contributed by atoms with Crippen molar-refractivity contribution in [3.05, 3.63) is 180 Å². The van der Waals surface area contributed by atoms with Crippen LogP contribution in [0.1, 0.15) is 99.8 Å². The highest BCUT2D eigenvalue weighted by molar-refractivity contribution is 6.09. The first-order valence-electron chi connectivity index (χ1n) is 23.5. The Balaban J connectivity index is 1.01. The van der Waals surface area contributed by atoms with E-state index in [1.165, 1.54) is 143 Å². The van der Waals surface area contributed by atoms with E-state index < -0.39 is 0 Å². The molecule has 2 nitrogen and oxygen atoms in total. The summed E-state index contributed by atoms with van der Waals surface area (Å²) in [6.45, 7) is 2.43. The first-order chi connectivity index (χ1) is 30.2. The van der Waals surface area contributed by atoms with Crippen LogP contribution in [0, 0.1) is 17.8 Å². The maximum absolute atomic E-state index is 2.67. The average Bonchev–Trinajstić information content (AvgIpc) is 3.89. The Bertz CT molecular complexity index is 2950. The summed E-state index contributed by atoms with van der Waals surface area (Å²) in [7, 11) is 0. The molecule has 2 bridgehead atoms. The number of para-hydroxylation sites is 2. The molecule has 61 heavy (non-hydrogen) atoms. The van der Waals surface area contributed by atoms with Gasteiger partial charge >= 0.3 is 0 Å². The molecule has 5 aliphatic carbocycles. The van der Waals surface area contributed by atoms with Crippen LogP contribution < -0.4 is 4.90 Å². The van der Waals surface area contributed by atoms with E-state index in [9.17, 15) is 0 Å². The summed E-state index contributed by atoms with van der Waals surface area (Å²) in [5, 5.41) is 2.59. The van der Waals surface area contributed by atoms with Crippen molar-refractivity contribution in [1.82, 2.24) is 4.57 Å². The van der Waals surface area contributed by atoms with Gasteiger partial charge in [-0.25, -0.2) is 0 Å². The van der Waals surface area contributed by atoms with Gasteiger partial charge in [-0.15, -0.1) is 0 Å². The lowest BCUT2D eigenvalue weighted by molar-refractivity contribution is 0.0492. The molecule has 300 valence electrons. The Morgan fingerprint density at radius 2 is 1.02 bits per heavy atom. The van der Waals surface area contributed by atoms with Gasteiger partial charge in [0.15, 0.2) is 0 Å². The van der Waals surface area contributed by atoms with Gasteiger partial charge in [0.25, 0.3) is 0 Å². The van der Waals surface area contributed by atoms with E-state index >= 15 is 0 Å². The number of aromatic nitrogens is 1. The fourth-order valence-corrected chi connectivity index (χ4v) is 14.3. The smallest absolute Gasteiger partial charge is 0.0541 e. The molecule has 1 aromatic heterocycles. The molecule has 8 aromatic rings. The van der Waals surface area contributed by atoms with Crippen LogP contribution in [0.2, 0.25) is 0 Å². The fraction of sp³-hybridized carbons (Fsp3) is 0.288. The SMILES string of the molecule is CCC1CC2CCCC(C1)C21c2ccccc2-c2ccc(N(c3ccc(-n4c5ccccc5c5ccccc54)cc3)c3ccc4c(c3)C3(CCCCC3)c3ccccc3-4)cc21. The van der Waals surface area contributed by atoms with Gasteiger partial charge in [-0.05, 0) is 161 Å². The van der Waals surface area contributed by atoms with Gasteiger partial charge in [0.05, 0.1) is 11.0 Å². The Morgan fingerprint density at radius 3 is 1.67 bits per heavy atom. The summed E-state index contributed by atoms with van der Waals surface area (Å²) in [6.07, 6.45) is 14.4.